The molecule has 43 heavy (non-hydrogen) atoms. The number of likely N-dealkylation sites (N-methyl/N-ethyl adjacent to an activating group) is 2. The van der Waals surface area contributed by atoms with E-state index in [1.165, 1.54) is 31.3 Å². The zero-order chi connectivity index (χ0) is 30.9. The highest BCUT2D eigenvalue weighted by Crippen LogP contribution is 2.66. The summed E-state index contributed by atoms with van der Waals surface area (Å²) in [6, 6.07) is 0.0655. The molecule has 0 bridgehead atoms. The Labute approximate surface area is 258 Å². The summed E-state index contributed by atoms with van der Waals surface area (Å²) >= 11 is 0. The summed E-state index contributed by atoms with van der Waals surface area (Å²) < 4.78 is 0. The second-order valence-electron chi connectivity index (χ2n) is 14.8. The molecule has 0 spiro atoms. The van der Waals surface area contributed by atoms with Gasteiger partial charge in [-0.1, -0.05) is 24.6 Å². The van der Waals surface area contributed by atoms with Crippen LogP contribution in [-0.2, 0) is 14.4 Å². The molecule has 8 atom stereocenters. The molecule has 0 aromatic carbocycles. The number of carbonyl (C=O) groups excluding carboxylic acids is 3. The Morgan fingerprint density at radius 2 is 1.84 bits per heavy atom. The molecule has 1 heterocycles. The van der Waals surface area contributed by atoms with Crippen LogP contribution in [0.25, 0.3) is 0 Å². The maximum Gasteiger partial charge on any atom is 0.436 e. The molecular formula is C34H55N5O4. The fourth-order valence-electron chi connectivity index (χ4n) is 9.88. The Kier molecular flexibility index (Phi) is 9.72. The molecule has 5 rings (SSSR count). The van der Waals surface area contributed by atoms with Crippen molar-refractivity contribution < 1.29 is 19.2 Å². The highest BCUT2D eigenvalue weighted by atomic mass is 16.7. The lowest BCUT2D eigenvalue weighted by Gasteiger charge is -2.58. The topological polar surface area (TPSA) is 103 Å². The van der Waals surface area contributed by atoms with Crippen molar-refractivity contribution in [2.24, 2.45) is 39.7 Å². The van der Waals surface area contributed by atoms with Crippen LogP contribution >= 0.6 is 0 Å². The van der Waals surface area contributed by atoms with Crippen molar-refractivity contribution in [3.05, 3.63) is 11.6 Å². The Balaban J connectivity index is 1.19. The molecule has 1 aliphatic heterocycles. The first-order chi connectivity index (χ1) is 20.5. The van der Waals surface area contributed by atoms with Gasteiger partial charge in [-0.2, -0.15) is 0 Å². The summed E-state index contributed by atoms with van der Waals surface area (Å²) in [6.45, 7) is 8.73. The van der Waals surface area contributed by atoms with Crippen LogP contribution in [0.3, 0.4) is 0 Å². The van der Waals surface area contributed by atoms with E-state index in [2.05, 4.69) is 36.6 Å². The number of fused-ring (bicyclic) bond motifs is 5. The molecule has 0 radical (unpaired) electrons. The number of rotatable bonds is 9. The van der Waals surface area contributed by atoms with Gasteiger partial charge in [0.05, 0.1) is 11.8 Å². The van der Waals surface area contributed by atoms with Gasteiger partial charge in [0, 0.05) is 52.1 Å². The lowest BCUT2D eigenvalue weighted by molar-refractivity contribution is -0.130. The summed E-state index contributed by atoms with van der Waals surface area (Å²) in [5, 5.41) is 11.1. The van der Waals surface area contributed by atoms with Gasteiger partial charge >= 0.3 is 6.09 Å². The average Bonchev–Trinajstić information content (AvgIpc) is 3.60. The number of nitrogens with zero attached hydrogens (tertiary/aromatic N) is 3. The molecule has 2 amide bonds. The maximum absolute atomic E-state index is 13.2. The van der Waals surface area contributed by atoms with Gasteiger partial charge in [0.15, 0.2) is 5.78 Å². The first-order valence-corrected chi connectivity index (χ1v) is 16.8. The minimum absolute atomic E-state index is 0.111. The zero-order valence-electron chi connectivity index (χ0n) is 27.4. The van der Waals surface area contributed by atoms with Crippen molar-refractivity contribution in [1.82, 2.24) is 20.4 Å². The molecule has 1 saturated heterocycles. The first kappa shape index (κ1) is 32.1. The second kappa shape index (κ2) is 13.0. The molecule has 0 aromatic heterocycles. The summed E-state index contributed by atoms with van der Waals surface area (Å²) in [6.07, 6.45) is 12.8. The van der Waals surface area contributed by atoms with Crippen LogP contribution in [0.4, 0.5) is 4.79 Å². The van der Waals surface area contributed by atoms with E-state index in [0.29, 0.717) is 55.5 Å². The molecule has 3 saturated carbocycles. The lowest BCUT2D eigenvalue weighted by atomic mass is 9.46. The quantitative estimate of drug-likeness (QED) is 0.226. The van der Waals surface area contributed by atoms with Crippen LogP contribution in [0.2, 0.25) is 0 Å². The lowest BCUT2D eigenvalue weighted by Crippen LogP contribution is -2.51. The Morgan fingerprint density at radius 3 is 2.58 bits per heavy atom. The Bertz CT molecular complexity index is 1140. The Hall–Kier alpha value is -2.26. The Morgan fingerprint density at radius 1 is 1.05 bits per heavy atom. The van der Waals surface area contributed by atoms with E-state index in [1.54, 1.807) is 23.9 Å². The number of hydrogen-bond donors (Lipinski definition) is 2. The molecule has 5 aliphatic rings. The molecule has 2 N–H and O–H groups in total. The highest BCUT2D eigenvalue weighted by molar-refractivity contribution is 5.91. The van der Waals surface area contributed by atoms with E-state index in [1.807, 2.05) is 13.1 Å². The van der Waals surface area contributed by atoms with Crippen molar-refractivity contribution in [3.8, 4) is 0 Å². The van der Waals surface area contributed by atoms with Gasteiger partial charge in [-0.05, 0) is 113 Å². The third-order valence-electron chi connectivity index (χ3n) is 12.4. The standard InChI is InChI=1S/C34H55N5O4/c1-22(37-43-32(42)39(20-18-35-4)19-15-24-8-12-30(36-24)31(41)38(5)6)27-10-11-28-26-9-7-23-21-25(40)13-16-33(23,2)29(26)14-17-34(27,28)3/h21,24,26-30,35-36H,7-20H2,1-6H3/b37-22+/t24?,26-,27+,28-,29-,30?,33-,34+/m0/s1. The smallest absolute Gasteiger partial charge is 0.347 e. The SMILES string of the molecule is CNCCN(CCC1CCC(C(=O)N(C)C)N1)C(=O)O/N=C(\C)[C@H]1CC[C@H]2[C@@H]3CCC4=CC(=O)CC[C@]4(C)[C@H]3CC[C@]12C. The van der Waals surface area contributed by atoms with Gasteiger partial charge in [-0.15, -0.1) is 0 Å². The summed E-state index contributed by atoms with van der Waals surface area (Å²) in [4.78, 5) is 46.8. The summed E-state index contributed by atoms with van der Waals surface area (Å²) in [7, 11) is 5.46. The fraction of sp³-hybridized carbons (Fsp3) is 0.824. The van der Waals surface area contributed by atoms with Gasteiger partial charge in [-0.25, -0.2) is 4.79 Å². The van der Waals surface area contributed by atoms with Crippen LogP contribution in [0, 0.1) is 34.5 Å². The van der Waals surface area contributed by atoms with Crippen LogP contribution in [0.5, 0.6) is 0 Å². The molecule has 9 heteroatoms. The number of hydrogen-bond acceptors (Lipinski definition) is 7. The van der Waals surface area contributed by atoms with Crippen molar-refractivity contribution in [2.45, 2.75) is 103 Å². The molecule has 4 aliphatic carbocycles. The van der Waals surface area contributed by atoms with Gasteiger partial charge in [-0.3, -0.25) is 14.4 Å². The maximum atomic E-state index is 13.2. The predicted octanol–water partition coefficient (Wildman–Crippen LogP) is 4.77. The van der Waals surface area contributed by atoms with E-state index in [9.17, 15) is 14.4 Å². The van der Waals surface area contributed by atoms with Crippen molar-refractivity contribution in [2.75, 3.05) is 40.8 Å². The van der Waals surface area contributed by atoms with E-state index in [0.717, 1.165) is 44.2 Å². The summed E-state index contributed by atoms with van der Waals surface area (Å²) in [5.74, 6) is 2.77. The normalized spacial score (nSPS) is 37.2. The number of carbonyl (C=O) groups is 3. The van der Waals surface area contributed by atoms with Gasteiger partial charge in [0.2, 0.25) is 5.91 Å². The number of amides is 2. The fourth-order valence-corrected chi connectivity index (χ4v) is 9.88. The molecule has 2 unspecified atom stereocenters. The van der Waals surface area contributed by atoms with Crippen molar-refractivity contribution >= 4 is 23.5 Å². The van der Waals surface area contributed by atoms with Crippen LogP contribution < -0.4 is 10.6 Å². The monoisotopic (exact) mass is 597 g/mol. The second-order valence-corrected chi connectivity index (χ2v) is 14.8. The van der Waals surface area contributed by atoms with E-state index < -0.39 is 6.09 Å². The van der Waals surface area contributed by atoms with Crippen molar-refractivity contribution in [3.63, 3.8) is 0 Å². The largest absolute Gasteiger partial charge is 0.436 e. The summed E-state index contributed by atoms with van der Waals surface area (Å²) in [5.41, 5.74) is 2.71. The van der Waals surface area contributed by atoms with E-state index >= 15 is 0 Å². The van der Waals surface area contributed by atoms with E-state index in [-0.39, 0.29) is 28.8 Å². The van der Waals surface area contributed by atoms with Crippen LogP contribution in [-0.4, -0.2) is 86.2 Å². The van der Waals surface area contributed by atoms with Gasteiger partial charge < -0.3 is 20.4 Å². The molecule has 9 nitrogen and oxygen atoms in total. The minimum Gasteiger partial charge on any atom is -0.347 e. The zero-order valence-corrected chi connectivity index (χ0v) is 27.4. The highest BCUT2D eigenvalue weighted by Gasteiger charge is 2.59. The number of oxime groups is 1. The van der Waals surface area contributed by atoms with Gasteiger partial charge in [0.25, 0.3) is 0 Å². The first-order valence-electron chi connectivity index (χ1n) is 16.8. The molecule has 240 valence electrons. The van der Waals surface area contributed by atoms with E-state index in [4.69, 9.17) is 4.84 Å². The number of ketones is 1. The van der Waals surface area contributed by atoms with Crippen LogP contribution in [0.15, 0.2) is 16.8 Å². The van der Waals surface area contributed by atoms with Crippen LogP contribution in [0.1, 0.15) is 91.4 Å². The minimum atomic E-state index is -0.400. The number of nitrogens with one attached hydrogen (secondary N) is 2. The van der Waals surface area contributed by atoms with Gasteiger partial charge in [0.1, 0.15) is 0 Å². The average molecular weight is 598 g/mol. The number of allylic oxidation sites excluding steroid dienone is 1. The predicted molar refractivity (Wildman–Crippen MR) is 169 cm³/mol. The third kappa shape index (κ3) is 6.31. The molecule has 4 fully saturated rings. The molecular weight excluding hydrogens is 542 g/mol. The third-order valence-corrected chi connectivity index (χ3v) is 12.4. The van der Waals surface area contributed by atoms with Crippen molar-refractivity contribution in [1.29, 1.82) is 0 Å². The molecule has 0 aromatic rings.